The average Bonchev–Trinajstić information content (AvgIpc) is 2.46. The van der Waals surface area contributed by atoms with E-state index in [0.717, 1.165) is 15.8 Å². The molecule has 3 nitrogen and oxygen atoms in total. The molecule has 0 atom stereocenters. The van der Waals surface area contributed by atoms with Crippen molar-refractivity contribution in [1.82, 2.24) is 0 Å². The van der Waals surface area contributed by atoms with Crippen molar-refractivity contribution in [1.29, 1.82) is 10.5 Å². The van der Waals surface area contributed by atoms with Crippen LogP contribution in [0, 0.1) is 22.7 Å². The summed E-state index contributed by atoms with van der Waals surface area (Å²) < 4.78 is 0.771. The average molecular weight is 312 g/mol. The van der Waals surface area contributed by atoms with E-state index in [-0.39, 0.29) is 0 Å². The molecule has 0 aliphatic heterocycles. The molecule has 0 radical (unpaired) electrons. The number of nitrogens with zero attached hydrogens (tertiary/aromatic N) is 3. The van der Waals surface area contributed by atoms with E-state index < -0.39 is 0 Å². The summed E-state index contributed by atoms with van der Waals surface area (Å²) in [5.74, 6) is 0. The van der Waals surface area contributed by atoms with Crippen LogP contribution in [0.25, 0.3) is 0 Å². The topological polar surface area (TPSA) is 50.8 Å². The summed E-state index contributed by atoms with van der Waals surface area (Å²) in [6.45, 7) is 0. The first kappa shape index (κ1) is 13.1. The van der Waals surface area contributed by atoms with Gasteiger partial charge in [0.1, 0.15) is 6.07 Å². The summed E-state index contributed by atoms with van der Waals surface area (Å²) in [5, 5.41) is 17.7. The van der Waals surface area contributed by atoms with Crippen LogP contribution in [0.1, 0.15) is 11.1 Å². The molecule has 0 fully saturated rings. The first-order chi connectivity index (χ1) is 9.15. The zero-order valence-corrected chi connectivity index (χ0v) is 11.8. The van der Waals surface area contributed by atoms with Crippen LogP contribution in [0.15, 0.2) is 46.9 Å². The maximum atomic E-state index is 8.90. The van der Waals surface area contributed by atoms with Gasteiger partial charge in [0, 0.05) is 22.9 Å². The van der Waals surface area contributed by atoms with Crippen molar-refractivity contribution >= 4 is 27.3 Å². The molecule has 2 aromatic rings. The van der Waals surface area contributed by atoms with Crippen molar-refractivity contribution in [3.8, 4) is 12.1 Å². The van der Waals surface area contributed by atoms with E-state index in [0.29, 0.717) is 11.1 Å². The van der Waals surface area contributed by atoms with Crippen molar-refractivity contribution in [3.05, 3.63) is 58.1 Å². The molecule has 2 rings (SSSR count). The van der Waals surface area contributed by atoms with Crippen LogP contribution in [0.3, 0.4) is 0 Å². The van der Waals surface area contributed by atoms with Gasteiger partial charge in [0.05, 0.1) is 17.2 Å². The van der Waals surface area contributed by atoms with Crippen LogP contribution in [0.2, 0.25) is 0 Å². The van der Waals surface area contributed by atoms with Gasteiger partial charge in [-0.25, -0.2) is 0 Å². The number of anilines is 2. The molecule has 0 aromatic heterocycles. The summed E-state index contributed by atoms with van der Waals surface area (Å²) in [5.41, 5.74) is 3.20. The Morgan fingerprint density at radius 1 is 0.947 bits per heavy atom. The second-order valence-electron chi connectivity index (χ2n) is 3.99. The second-order valence-corrected chi connectivity index (χ2v) is 4.85. The van der Waals surface area contributed by atoms with E-state index in [1.54, 1.807) is 18.2 Å². The number of nitriles is 2. The van der Waals surface area contributed by atoms with E-state index >= 15 is 0 Å². The van der Waals surface area contributed by atoms with Crippen LogP contribution >= 0.6 is 15.9 Å². The quantitative estimate of drug-likeness (QED) is 0.843. The molecule has 0 aliphatic carbocycles. The highest BCUT2D eigenvalue weighted by molar-refractivity contribution is 9.10. The van der Waals surface area contributed by atoms with Crippen LogP contribution in [-0.4, -0.2) is 7.05 Å². The highest BCUT2D eigenvalue weighted by atomic mass is 79.9. The molecular formula is C15H10BrN3. The molecule has 0 amide bonds. The van der Waals surface area contributed by atoms with Crippen LogP contribution in [0.5, 0.6) is 0 Å². The van der Waals surface area contributed by atoms with Crippen molar-refractivity contribution in [3.63, 3.8) is 0 Å². The van der Waals surface area contributed by atoms with Crippen LogP contribution in [0.4, 0.5) is 11.4 Å². The van der Waals surface area contributed by atoms with E-state index in [9.17, 15) is 0 Å². The molecular weight excluding hydrogens is 302 g/mol. The molecule has 0 bridgehead atoms. The molecule has 0 heterocycles. The molecule has 0 unspecified atom stereocenters. The van der Waals surface area contributed by atoms with Gasteiger partial charge in [0.15, 0.2) is 0 Å². The van der Waals surface area contributed by atoms with Gasteiger partial charge in [-0.15, -0.1) is 0 Å². The van der Waals surface area contributed by atoms with Crippen molar-refractivity contribution < 1.29 is 0 Å². The number of hydrogen-bond donors (Lipinski definition) is 0. The maximum absolute atomic E-state index is 8.90. The Kier molecular flexibility index (Phi) is 3.85. The van der Waals surface area contributed by atoms with Crippen LogP contribution < -0.4 is 4.90 Å². The molecule has 0 spiro atoms. The first-order valence-electron chi connectivity index (χ1n) is 5.59. The lowest BCUT2D eigenvalue weighted by Crippen LogP contribution is -2.09. The summed E-state index contributed by atoms with van der Waals surface area (Å²) >= 11 is 3.38. The van der Waals surface area contributed by atoms with E-state index in [2.05, 4.69) is 28.1 Å². The van der Waals surface area contributed by atoms with E-state index in [4.69, 9.17) is 10.5 Å². The Balaban J connectivity index is 2.33. The highest BCUT2D eigenvalue weighted by Crippen LogP contribution is 2.28. The molecule has 0 aliphatic rings. The standard InChI is InChI=1S/C15H10BrN3/c1-19(13-5-2-11(9-17)3-6-13)14-7-4-12(10-18)15(16)8-14/h2-8H,1H3. The molecule has 0 N–H and O–H groups in total. The van der Waals surface area contributed by atoms with Gasteiger partial charge < -0.3 is 4.90 Å². The summed E-state index contributed by atoms with van der Waals surface area (Å²) in [6.07, 6.45) is 0. The fourth-order valence-corrected chi connectivity index (χ4v) is 2.17. The van der Waals surface area contributed by atoms with Gasteiger partial charge in [0.2, 0.25) is 0 Å². The van der Waals surface area contributed by atoms with Gasteiger partial charge in [0.25, 0.3) is 0 Å². The minimum Gasteiger partial charge on any atom is -0.345 e. The van der Waals surface area contributed by atoms with Gasteiger partial charge >= 0.3 is 0 Å². The Bertz CT molecular complexity index is 678. The Labute approximate surface area is 120 Å². The van der Waals surface area contributed by atoms with E-state index in [1.807, 2.05) is 36.2 Å². The van der Waals surface area contributed by atoms with E-state index in [1.165, 1.54) is 0 Å². The predicted molar refractivity (Wildman–Crippen MR) is 78.1 cm³/mol. The maximum Gasteiger partial charge on any atom is 0.100 e. The predicted octanol–water partition coefficient (Wildman–Crippen LogP) is 3.96. The third kappa shape index (κ3) is 2.76. The zero-order valence-electron chi connectivity index (χ0n) is 10.3. The first-order valence-corrected chi connectivity index (χ1v) is 6.38. The SMILES string of the molecule is CN(c1ccc(C#N)cc1)c1ccc(C#N)c(Br)c1. The smallest absolute Gasteiger partial charge is 0.100 e. The van der Waals surface area contributed by atoms with Crippen LogP contribution in [-0.2, 0) is 0 Å². The second kappa shape index (κ2) is 5.56. The Morgan fingerprint density at radius 2 is 1.58 bits per heavy atom. The largest absolute Gasteiger partial charge is 0.345 e. The lowest BCUT2D eigenvalue weighted by Gasteiger charge is -2.20. The van der Waals surface area contributed by atoms with Gasteiger partial charge in [-0.2, -0.15) is 10.5 Å². The Morgan fingerprint density at radius 3 is 2.11 bits per heavy atom. The van der Waals surface area contributed by atoms with Crippen molar-refractivity contribution in [2.75, 3.05) is 11.9 Å². The third-order valence-electron chi connectivity index (χ3n) is 2.84. The monoisotopic (exact) mass is 311 g/mol. The fourth-order valence-electron chi connectivity index (χ4n) is 1.71. The number of rotatable bonds is 2. The van der Waals surface area contributed by atoms with Crippen molar-refractivity contribution in [2.24, 2.45) is 0 Å². The molecule has 0 saturated carbocycles. The third-order valence-corrected chi connectivity index (χ3v) is 3.50. The van der Waals surface area contributed by atoms with Gasteiger partial charge in [-0.1, -0.05) is 0 Å². The van der Waals surface area contributed by atoms with Gasteiger partial charge in [-0.05, 0) is 58.4 Å². The molecule has 2 aromatic carbocycles. The Hall–Kier alpha value is -2.30. The summed E-state index contributed by atoms with van der Waals surface area (Å²) in [6, 6.07) is 17.1. The minimum absolute atomic E-state index is 0.608. The summed E-state index contributed by atoms with van der Waals surface area (Å²) in [4.78, 5) is 1.99. The number of hydrogen-bond acceptors (Lipinski definition) is 3. The van der Waals surface area contributed by atoms with Gasteiger partial charge in [-0.3, -0.25) is 0 Å². The molecule has 92 valence electrons. The van der Waals surface area contributed by atoms with Crippen molar-refractivity contribution in [2.45, 2.75) is 0 Å². The highest BCUT2D eigenvalue weighted by Gasteiger charge is 2.06. The lowest BCUT2D eigenvalue weighted by molar-refractivity contribution is 1.20. The lowest BCUT2D eigenvalue weighted by atomic mass is 10.2. The number of halogens is 1. The normalized spacial score (nSPS) is 9.47. The molecule has 0 saturated heterocycles. The minimum atomic E-state index is 0.608. The number of benzene rings is 2. The summed E-state index contributed by atoms with van der Waals surface area (Å²) in [7, 11) is 1.94. The molecule has 4 heteroatoms. The fraction of sp³-hybridized carbons (Fsp3) is 0.0667. The molecule has 19 heavy (non-hydrogen) atoms. The zero-order chi connectivity index (χ0) is 13.8.